The minimum absolute atomic E-state index is 0.320. The minimum atomic E-state index is -0.320. The Labute approximate surface area is 130 Å². The van der Waals surface area contributed by atoms with Crippen molar-refractivity contribution in [2.75, 3.05) is 6.61 Å². The van der Waals surface area contributed by atoms with Gasteiger partial charge in [-0.15, -0.1) is 11.3 Å². The van der Waals surface area contributed by atoms with Crippen LogP contribution < -0.4 is 10.5 Å². The van der Waals surface area contributed by atoms with Crippen LogP contribution in [0.1, 0.15) is 50.1 Å². The first kappa shape index (κ1) is 14.5. The molecule has 1 heterocycles. The highest BCUT2D eigenvalue weighted by Crippen LogP contribution is 2.46. The highest BCUT2D eigenvalue weighted by Gasteiger charge is 2.34. The predicted molar refractivity (Wildman–Crippen MR) is 87.9 cm³/mol. The highest BCUT2D eigenvalue weighted by atomic mass is 32.1. The van der Waals surface area contributed by atoms with Crippen LogP contribution in [0.15, 0.2) is 24.3 Å². The van der Waals surface area contributed by atoms with Gasteiger partial charge in [0.2, 0.25) is 0 Å². The lowest BCUT2D eigenvalue weighted by molar-refractivity contribution is 0.340. The second-order valence-electron chi connectivity index (χ2n) is 6.19. The Morgan fingerprint density at radius 2 is 1.95 bits per heavy atom. The quantitative estimate of drug-likeness (QED) is 0.896. The van der Waals surface area contributed by atoms with Crippen molar-refractivity contribution in [1.82, 2.24) is 4.98 Å². The molecular formula is C17H22N2OS. The zero-order valence-corrected chi connectivity index (χ0v) is 13.7. The topological polar surface area (TPSA) is 48.1 Å². The van der Waals surface area contributed by atoms with Crippen LogP contribution in [-0.4, -0.2) is 11.6 Å². The zero-order chi connectivity index (χ0) is 15.0. The number of ether oxygens (including phenoxy) is 1. The van der Waals surface area contributed by atoms with Gasteiger partial charge in [-0.3, -0.25) is 0 Å². The van der Waals surface area contributed by atoms with Gasteiger partial charge in [0.1, 0.15) is 10.8 Å². The van der Waals surface area contributed by atoms with Crippen LogP contribution in [0.25, 0.3) is 10.6 Å². The molecule has 2 aromatic rings. The summed E-state index contributed by atoms with van der Waals surface area (Å²) in [4.78, 5) is 6.11. The molecule has 1 aliphatic carbocycles. The molecule has 0 atom stereocenters. The van der Waals surface area contributed by atoms with Crippen molar-refractivity contribution < 1.29 is 4.74 Å². The fourth-order valence-corrected chi connectivity index (χ4v) is 3.58. The Morgan fingerprint density at radius 3 is 2.48 bits per heavy atom. The van der Waals surface area contributed by atoms with Gasteiger partial charge in [0.05, 0.1) is 12.3 Å². The summed E-state index contributed by atoms with van der Waals surface area (Å²) in [5.74, 6) is 1.52. The maximum Gasteiger partial charge on any atom is 0.123 e. The summed E-state index contributed by atoms with van der Waals surface area (Å²) in [5.41, 5.74) is 8.37. The van der Waals surface area contributed by atoms with Crippen molar-refractivity contribution in [1.29, 1.82) is 0 Å². The van der Waals surface area contributed by atoms with E-state index in [1.54, 1.807) is 11.3 Å². The van der Waals surface area contributed by atoms with Gasteiger partial charge in [-0.25, -0.2) is 4.98 Å². The molecule has 3 nitrogen and oxygen atoms in total. The van der Waals surface area contributed by atoms with Crippen LogP contribution in [0.5, 0.6) is 5.75 Å². The van der Waals surface area contributed by atoms with Crippen LogP contribution in [0.3, 0.4) is 0 Å². The van der Waals surface area contributed by atoms with Crippen molar-refractivity contribution in [3.63, 3.8) is 0 Å². The molecule has 0 spiro atoms. The summed E-state index contributed by atoms with van der Waals surface area (Å²) in [7, 11) is 0. The van der Waals surface area contributed by atoms with E-state index >= 15 is 0 Å². The van der Waals surface area contributed by atoms with Crippen molar-refractivity contribution in [3.8, 4) is 16.3 Å². The molecule has 1 fully saturated rings. The van der Waals surface area contributed by atoms with Gasteiger partial charge in [0, 0.05) is 21.9 Å². The number of thiazole rings is 1. The van der Waals surface area contributed by atoms with E-state index in [1.165, 1.54) is 23.4 Å². The molecule has 0 aliphatic heterocycles. The van der Waals surface area contributed by atoms with E-state index in [9.17, 15) is 0 Å². The smallest absolute Gasteiger partial charge is 0.123 e. The Bertz CT molecular complexity index is 621. The third-order valence-corrected chi connectivity index (χ3v) is 5.07. The number of rotatable bonds is 5. The van der Waals surface area contributed by atoms with E-state index in [-0.39, 0.29) is 5.54 Å². The molecule has 21 heavy (non-hydrogen) atoms. The highest BCUT2D eigenvalue weighted by molar-refractivity contribution is 7.15. The molecule has 1 aliphatic rings. The van der Waals surface area contributed by atoms with Gasteiger partial charge >= 0.3 is 0 Å². The van der Waals surface area contributed by atoms with Crippen LogP contribution in [-0.2, 0) is 5.54 Å². The fraction of sp³-hybridized carbons (Fsp3) is 0.471. The molecule has 4 heteroatoms. The van der Waals surface area contributed by atoms with E-state index in [4.69, 9.17) is 15.5 Å². The van der Waals surface area contributed by atoms with Gasteiger partial charge in [-0.1, -0.05) is 0 Å². The molecular weight excluding hydrogens is 280 g/mol. The van der Waals surface area contributed by atoms with Gasteiger partial charge in [-0.2, -0.15) is 0 Å². The van der Waals surface area contributed by atoms with Crippen molar-refractivity contribution >= 4 is 11.3 Å². The second-order valence-corrected chi connectivity index (χ2v) is 7.19. The number of hydrogen-bond acceptors (Lipinski definition) is 4. The third kappa shape index (κ3) is 3.11. The first-order chi connectivity index (χ1) is 9.99. The lowest BCUT2D eigenvalue weighted by Crippen LogP contribution is -2.28. The number of nitrogens with zero attached hydrogens (tertiary/aromatic N) is 1. The monoisotopic (exact) mass is 302 g/mol. The Kier molecular flexibility index (Phi) is 3.76. The van der Waals surface area contributed by atoms with E-state index < -0.39 is 0 Å². The van der Waals surface area contributed by atoms with Gasteiger partial charge in [0.25, 0.3) is 0 Å². The van der Waals surface area contributed by atoms with Crippen LogP contribution >= 0.6 is 11.3 Å². The molecule has 1 saturated carbocycles. The van der Waals surface area contributed by atoms with E-state index in [0.29, 0.717) is 12.5 Å². The number of nitrogens with two attached hydrogens (primary N) is 1. The molecule has 1 aromatic heterocycles. The molecule has 0 amide bonds. The Balaban J connectivity index is 1.95. The lowest BCUT2D eigenvalue weighted by atomic mass is 10.0. The third-order valence-electron chi connectivity index (χ3n) is 3.61. The number of hydrogen-bond donors (Lipinski definition) is 1. The fourth-order valence-electron chi connectivity index (χ4n) is 2.41. The standard InChI is InChI=1S/C17H22N2OS/c1-4-20-13-9-7-12(8-10-13)16-19-14(11-5-6-11)15(21-16)17(2,3)18/h7-11H,4-6,18H2,1-3H3. The normalized spacial score (nSPS) is 15.2. The average molecular weight is 302 g/mol. The molecule has 2 N–H and O–H groups in total. The van der Waals surface area contributed by atoms with Crippen molar-refractivity contribution in [2.45, 2.75) is 45.1 Å². The van der Waals surface area contributed by atoms with E-state index in [2.05, 4.69) is 26.0 Å². The minimum Gasteiger partial charge on any atom is -0.494 e. The summed E-state index contributed by atoms with van der Waals surface area (Å²) < 4.78 is 5.49. The van der Waals surface area contributed by atoms with E-state index in [0.717, 1.165) is 16.3 Å². The van der Waals surface area contributed by atoms with E-state index in [1.807, 2.05) is 19.1 Å². The predicted octanol–water partition coefficient (Wildman–Crippen LogP) is 4.28. The maximum absolute atomic E-state index is 6.33. The first-order valence-corrected chi connectivity index (χ1v) is 8.34. The first-order valence-electron chi connectivity index (χ1n) is 7.52. The summed E-state index contributed by atoms with van der Waals surface area (Å²) in [6, 6.07) is 8.16. The average Bonchev–Trinajstić information content (AvgIpc) is 3.17. The van der Waals surface area contributed by atoms with Crippen molar-refractivity contribution in [2.24, 2.45) is 5.73 Å². The Morgan fingerprint density at radius 1 is 1.29 bits per heavy atom. The van der Waals surface area contributed by atoms with Gasteiger partial charge < -0.3 is 10.5 Å². The summed E-state index contributed by atoms with van der Waals surface area (Å²) in [6.45, 7) is 6.81. The summed E-state index contributed by atoms with van der Waals surface area (Å²) >= 11 is 1.73. The largest absolute Gasteiger partial charge is 0.494 e. The van der Waals surface area contributed by atoms with Crippen LogP contribution in [0.4, 0.5) is 0 Å². The van der Waals surface area contributed by atoms with Gasteiger partial charge in [-0.05, 0) is 57.9 Å². The maximum atomic E-state index is 6.33. The molecule has 0 unspecified atom stereocenters. The summed E-state index contributed by atoms with van der Waals surface area (Å²) in [5, 5.41) is 1.06. The number of benzene rings is 1. The summed E-state index contributed by atoms with van der Waals surface area (Å²) in [6.07, 6.45) is 2.49. The SMILES string of the molecule is CCOc1ccc(-c2nc(C3CC3)c(C(C)(C)N)s2)cc1. The Hall–Kier alpha value is -1.39. The molecule has 3 rings (SSSR count). The van der Waals surface area contributed by atoms with Crippen LogP contribution in [0, 0.1) is 0 Å². The van der Waals surface area contributed by atoms with Gasteiger partial charge in [0.15, 0.2) is 0 Å². The molecule has 0 bridgehead atoms. The zero-order valence-electron chi connectivity index (χ0n) is 12.8. The lowest BCUT2D eigenvalue weighted by Gasteiger charge is -2.17. The molecule has 112 valence electrons. The molecule has 1 aromatic carbocycles. The van der Waals surface area contributed by atoms with Crippen molar-refractivity contribution in [3.05, 3.63) is 34.8 Å². The second kappa shape index (κ2) is 5.43. The molecule has 0 saturated heterocycles. The number of aromatic nitrogens is 1. The molecule has 0 radical (unpaired) electrons. The van der Waals surface area contributed by atoms with Crippen LogP contribution in [0.2, 0.25) is 0 Å².